The molecule has 1 aromatic heterocycles. The Hall–Kier alpha value is -1.09. The molecular formula is C14H15BrN2. The monoisotopic (exact) mass is 290 g/mol. The van der Waals surface area contributed by atoms with Gasteiger partial charge in [-0.25, -0.2) is 4.98 Å². The van der Waals surface area contributed by atoms with Crippen molar-refractivity contribution in [3.63, 3.8) is 0 Å². The van der Waals surface area contributed by atoms with E-state index in [9.17, 15) is 0 Å². The predicted octanol–water partition coefficient (Wildman–Crippen LogP) is 3.68. The Morgan fingerprint density at radius 3 is 2.82 bits per heavy atom. The molecule has 0 spiro atoms. The minimum absolute atomic E-state index is 0.628. The van der Waals surface area contributed by atoms with Crippen LogP contribution in [-0.2, 0) is 13.0 Å². The summed E-state index contributed by atoms with van der Waals surface area (Å²) in [5.41, 5.74) is 2.80. The van der Waals surface area contributed by atoms with E-state index in [1.807, 2.05) is 0 Å². The third-order valence-corrected chi connectivity index (χ3v) is 4.25. The minimum Gasteiger partial charge on any atom is -0.331 e. The molecule has 88 valence electrons. The van der Waals surface area contributed by atoms with E-state index in [-0.39, 0.29) is 0 Å². The third kappa shape index (κ3) is 1.93. The van der Waals surface area contributed by atoms with Gasteiger partial charge < -0.3 is 4.57 Å². The van der Waals surface area contributed by atoms with Crippen molar-refractivity contribution in [2.45, 2.75) is 32.2 Å². The van der Waals surface area contributed by atoms with Gasteiger partial charge in [0.1, 0.15) is 10.4 Å². The number of fused-ring (bicyclic) bond motifs is 1. The fraction of sp³-hybridized carbons (Fsp3) is 0.357. The number of hydrogen-bond acceptors (Lipinski definition) is 1. The van der Waals surface area contributed by atoms with Crippen LogP contribution in [0.3, 0.4) is 0 Å². The number of halogens is 1. The van der Waals surface area contributed by atoms with E-state index >= 15 is 0 Å². The second-order valence-electron chi connectivity index (χ2n) is 4.65. The first-order valence-corrected chi connectivity index (χ1v) is 6.81. The average molecular weight is 291 g/mol. The molecule has 0 bridgehead atoms. The molecule has 0 N–H and O–H groups in total. The number of benzene rings is 1. The van der Waals surface area contributed by atoms with Crippen LogP contribution in [0.25, 0.3) is 0 Å². The molecule has 2 heterocycles. The van der Waals surface area contributed by atoms with Crippen LogP contribution in [0.2, 0.25) is 0 Å². The van der Waals surface area contributed by atoms with Gasteiger partial charge in [0.25, 0.3) is 0 Å². The maximum Gasteiger partial charge on any atom is 0.127 e. The smallest absolute Gasteiger partial charge is 0.127 e. The van der Waals surface area contributed by atoms with Gasteiger partial charge in [-0.15, -0.1) is 0 Å². The molecule has 0 saturated carbocycles. The normalized spacial score (nSPS) is 19.1. The lowest BCUT2D eigenvalue weighted by Crippen LogP contribution is -2.19. The Morgan fingerprint density at radius 1 is 1.29 bits per heavy atom. The highest BCUT2D eigenvalue weighted by Crippen LogP contribution is 2.32. The van der Waals surface area contributed by atoms with Crippen LogP contribution in [0.1, 0.15) is 29.4 Å². The zero-order chi connectivity index (χ0) is 11.8. The van der Waals surface area contributed by atoms with Gasteiger partial charge in [-0.3, -0.25) is 0 Å². The Labute approximate surface area is 110 Å². The molecule has 0 saturated heterocycles. The maximum atomic E-state index is 4.50. The van der Waals surface area contributed by atoms with Crippen molar-refractivity contribution >= 4 is 15.9 Å². The second kappa shape index (κ2) is 4.30. The Morgan fingerprint density at radius 2 is 2.06 bits per heavy atom. The van der Waals surface area contributed by atoms with Crippen LogP contribution in [0.5, 0.6) is 0 Å². The van der Waals surface area contributed by atoms with Crippen molar-refractivity contribution in [2.75, 3.05) is 0 Å². The van der Waals surface area contributed by atoms with E-state index in [2.05, 4.69) is 62.7 Å². The lowest BCUT2D eigenvalue weighted by molar-refractivity contribution is 0.455. The summed E-state index contributed by atoms with van der Waals surface area (Å²) in [6, 6.07) is 10.8. The van der Waals surface area contributed by atoms with Gasteiger partial charge >= 0.3 is 0 Å². The van der Waals surface area contributed by atoms with E-state index in [1.165, 1.54) is 17.7 Å². The molecule has 2 nitrogen and oxygen atoms in total. The molecule has 1 aromatic carbocycles. The van der Waals surface area contributed by atoms with Crippen molar-refractivity contribution in [3.8, 4) is 0 Å². The first-order valence-electron chi connectivity index (χ1n) is 6.02. The van der Waals surface area contributed by atoms with Crippen LogP contribution in [-0.4, -0.2) is 9.55 Å². The third-order valence-electron chi connectivity index (χ3n) is 3.62. The van der Waals surface area contributed by atoms with Gasteiger partial charge in [0.2, 0.25) is 0 Å². The molecule has 0 fully saturated rings. The molecule has 1 aliphatic rings. The largest absolute Gasteiger partial charge is 0.331 e. The van der Waals surface area contributed by atoms with Gasteiger partial charge in [-0.1, -0.05) is 30.3 Å². The quantitative estimate of drug-likeness (QED) is 0.783. The molecule has 1 atom stereocenters. The number of aryl methyl sites for hydroxylation is 1. The summed E-state index contributed by atoms with van der Waals surface area (Å²) >= 11 is 3.55. The van der Waals surface area contributed by atoms with E-state index in [1.54, 1.807) is 0 Å². The molecule has 1 unspecified atom stereocenters. The zero-order valence-electron chi connectivity index (χ0n) is 9.86. The van der Waals surface area contributed by atoms with Crippen molar-refractivity contribution < 1.29 is 0 Å². The summed E-state index contributed by atoms with van der Waals surface area (Å²) in [4.78, 5) is 4.50. The Balaban J connectivity index is 1.93. The van der Waals surface area contributed by atoms with Crippen LogP contribution in [0.15, 0.2) is 34.9 Å². The van der Waals surface area contributed by atoms with Crippen molar-refractivity contribution in [1.82, 2.24) is 9.55 Å². The zero-order valence-corrected chi connectivity index (χ0v) is 11.4. The van der Waals surface area contributed by atoms with Gasteiger partial charge in [-0.05, 0) is 41.3 Å². The highest BCUT2D eigenvalue weighted by atomic mass is 79.9. The maximum absolute atomic E-state index is 4.50. The second-order valence-corrected chi connectivity index (χ2v) is 5.40. The fourth-order valence-electron chi connectivity index (χ4n) is 2.67. The number of nitrogens with zero attached hydrogens (tertiary/aromatic N) is 2. The van der Waals surface area contributed by atoms with E-state index in [0.717, 1.165) is 23.4 Å². The highest BCUT2D eigenvalue weighted by molar-refractivity contribution is 9.10. The van der Waals surface area contributed by atoms with Crippen LogP contribution in [0, 0.1) is 6.92 Å². The first kappa shape index (κ1) is 11.0. The van der Waals surface area contributed by atoms with E-state index in [0.29, 0.717) is 5.92 Å². The molecule has 2 aromatic rings. The molecule has 0 radical (unpaired) electrons. The van der Waals surface area contributed by atoms with Gasteiger partial charge in [-0.2, -0.15) is 0 Å². The summed E-state index contributed by atoms with van der Waals surface area (Å²) in [7, 11) is 0. The fourth-order valence-corrected chi connectivity index (χ4v) is 3.34. The van der Waals surface area contributed by atoms with Crippen LogP contribution >= 0.6 is 15.9 Å². The van der Waals surface area contributed by atoms with Gasteiger partial charge in [0.15, 0.2) is 0 Å². The summed E-state index contributed by atoms with van der Waals surface area (Å²) in [6.45, 7) is 3.14. The molecule has 0 amide bonds. The number of rotatable bonds is 1. The lowest BCUT2D eigenvalue weighted by Gasteiger charge is -2.25. The van der Waals surface area contributed by atoms with E-state index < -0.39 is 0 Å². The molecule has 3 rings (SSSR count). The Bertz CT molecular complexity index is 531. The molecular weight excluding hydrogens is 276 g/mol. The molecule has 0 aliphatic carbocycles. The minimum atomic E-state index is 0.628. The topological polar surface area (TPSA) is 17.8 Å². The number of imidazole rings is 1. The summed E-state index contributed by atoms with van der Waals surface area (Å²) in [6.07, 6.45) is 2.33. The lowest BCUT2D eigenvalue weighted by atomic mass is 9.91. The molecule has 3 heteroatoms. The van der Waals surface area contributed by atoms with Crippen molar-refractivity contribution in [3.05, 3.63) is 52.0 Å². The first-order chi connectivity index (χ1) is 8.25. The van der Waals surface area contributed by atoms with Crippen molar-refractivity contribution in [2.24, 2.45) is 0 Å². The van der Waals surface area contributed by atoms with Gasteiger partial charge in [0, 0.05) is 12.5 Å². The summed E-state index contributed by atoms with van der Waals surface area (Å²) in [5.74, 6) is 1.75. The van der Waals surface area contributed by atoms with Crippen molar-refractivity contribution in [1.29, 1.82) is 0 Å². The average Bonchev–Trinajstić information content (AvgIpc) is 2.66. The van der Waals surface area contributed by atoms with E-state index in [4.69, 9.17) is 0 Å². The molecule has 1 aliphatic heterocycles. The SMILES string of the molecule is Cc1nc(Br)c2n1CC(c1ccccc1)CC2. The highest BCUT2D eigenvalue weighted by Gasteiger charge is 2.23. The molecule has 17 heavy (non-hydrogen) atoms. The predicted molar refractivity (Wildman–Crippen MR) is 72.2 cm³/mol. The van der Waals surface area contributed by atoms with Gasteiger partial charge in [0.05, 0.1) is 5.69 Å². The number of hydrogen-bond donors (Lipinski definition) is 0. The number of aromatic nitrogens is 2. The standard InChI is InChI=1S/C14H15BrN2/c1-10-16-14(15)13-8-7-12(9-17(10)13)11-5-3-2-4-6-11/h2-6,12H,7-9H2,1H3. The van der Waals surface area contributed by atoms with Crippen LogP contribution in [0.4, 0.5) is 0 Å². The Kier molecular flexibility index (Phi) is 2.79. The summed E-state index contributed by atoms with van der Waals surface area (Å²) < 4.78 is 3.38. The van der Waals surface area contributed by atoms with Crippen LogP contribution < -0.4 is 0 Å². The summed E-state index contributed by atoms with van der Waals surface area (Å²) in [5, 5.41) is 0.